The molecule has 2 aromatic rings. The Labute approximate surface area is 132 Å². The molecule has 6 heteroatoms. The van der Waals surface area contributed by atoms with Crippen LogP contribution in [0.25, 0.3) is 0 Å². The zero-order chi connectivity index (χ0) is 15.4. The number of pyridine rings is 1. The molecule has 21 heavy (non-hydrogen) atoms. The molecule has 2 rings (SSSR count). The van der Waals surface area contributed by atoms with E-state index in [0.29, 0.717) is 5.56 Å². The van der Waals surface area contributed by atoms with Crippen molar-refractivity contribution >= 4 is 34.8 Å². The smallest absolute Gasteiger partial charge is 0.255 e. The van der Waals surface area contributed by atoms with Crippen LogP contribution in [-0.2, 0) is 6.42 Å². The molecule has 1 aromatic carbocycles. The van der Waals surface area contributed by atoms with Crippen molar-refractivity contribution in [1.29, 1.82) is 0 Å². The summed E-state index contributed by atoms with van der Waals surface area (Å²) in [5.74, 6) is -0.890. The van der Waals surface area contributed by atoms with Crippen molar-refractivity contribution in [2.45, 2.75) is 19.8 Å². The van der Waals surface area contributed by atoms with Crippen LogP contribution in [0.15, 0.2) is 30.3 Å². The number of hydrogen-bond donors (Lipinski definition) is 1. The summed E-state index contributed by atoms with van der Waals surface area (Å²) in [5, 5.41) is 3.08. The quantitative estimate of drug-likeness (QED) is 0.825. The third-order valence-electron chi connectivity index (χ3n) is 2.79. The second kappa shape index (κ2) is 6.87. The van der Waals surface area contributed by atoms with E-state index in [4.69, 9.17) is 23.2 Å². The molecule has 0 unspecified atom stereocenters. The highest BCUT2D eigenvalue weighted by atomic mass is 35.5. The molecule has 0 bridgehead atoms. The average molecular weight is 327 g/mol. The van der Waals surface area contributed by atoms with E-state index in [1.165, 1.54) is 18.2 Å². The zero-order valence-electron chi connectivity index (χ0n) is 11.3. The van der Waals surface area contributed by atoms with Gasteiger partial charge in [-0.2, -0.15) is 0 Å². The summed E-state index contributed by atoms with van der Waals surface area (Å²) in [7, 11) is 0. The first-order chi connectivity index (χ1) is 9.99. The normalized spacial score (nSPS) is 10.5. The number of nitrogens with zero attached hydrogens (tertiary/aromatic N) is 1. The minimum atomic E-state index is -0.478. The lowest BCUT2D eigenvalue weighted by molar-refractivity contribution is 0.102. The van der Waals surface area contributed by atoms with Crippen molar-refractivity contribution in [2.75, 3.05) is 5.32 Å². The maximum absolute atomic E-state index is 13.2. The highest BCUT2D eigenvalue weighted by molar-refractivity contribution is 6.34. The van der Waals surface area contributed by atoms with Gasteiger partial charge in [0.1, 0.15) is 11.0 Å². The highest BCUT2D eigenvalue weighted by Crippen LogP contribution is 2.23. The van der Waals surface area contributed by atoms with E-state index >= 15 is 0 Å². The number of aryl methyl sites for hydroxylation is 1. The largest absolute Gasteiger partial charge is 0.321 e. The van der Waals surface area contributed by atoms with Crippen LogP contribution in [0, 0.1) is 5.82 Å². The third kappa shape index (κ3) is 4.16. The summed E-state index contributed by atoms with van der Waals surface area (Å²) >= 11 is 11.8. The monoisotopic (exact) mass is 326 g/mol. The van der Waals surface area contributed by atoms with Crippen LogP contribution < -0.4 is 5.32 Å². The summed E-state index contributed by atoms with van der Waals surface area (Å²) in [4.78, 5) is 16.4. The maximum atomic E-state index is 13.2. The molecular weight excluding hydrogens is 314 g/mol. The van der Waals surface area contributed by atoms with Crippen molar-refractivity contribution in [3.05, 3.63) is 57.6 Å². The van der Waals surface area contributed by atoms with Crippen LogP contribution in [-0.4, -0.2) is 10.9 Å². The summed E-state index contributed by atoms with van der Waals surface area (Å²) < 4.78 is 13.2. The van der Waals surface area contributed by atoms with Crippen LogP contribution in [0.1, 0.15) is 29.4 Å². The fourth-order valence-corrected chi connectivity index (χ4v) is 2.25. The molecule has 0 fully saturated rings. The summed E-state index contributed by atoms with van der Waals surface area (Å²) in [6.07, 6.45) is 1.62. The van der Waals surface area contributed by atoms with Gasteiger partial charge in [0.25, 0.3) is 5.91 Å². The summed E-state index contributed by atoms with van der Waals surface area (Å²) in [6, 6.07) is 6.90. The lowest BCUT2D eigenvalue weighted by Crippen LogP contribution is -2.13. The topological polar surface area (TPSA) is 42.0 Å². The SMILES string of the molecule is CCCc1cc(C(=O)Nc2cc(F)ccc2Cl)cc(Cl)n1. The number of carbonyl (C=O) groups excluding carboxylic acids is 1. The number of nitrogens with one attached hydrogen (secondary N) is 1. The van der Waals surface area contributed by atoms with Gasteiger partial charge in [-0.1, -0.05) is 36.5 Å². The lowest BCUT2D eigenvalue weighted by atomic mass is 10.1. The Morgan fingerprint density at radius 2 is 2.05 bits per heavy atom. The Kier molecular flexibility index (Phi) is 5.15. The Bertz CT molecular complexity index is 677. The Morgan fingerprint density at radius 1 is 1.29 bits per heavy atom. The summed E-state index contributed by atoms with van der Waals surface area (Å²) in [5.41, 5.74) is 1.31. The van der Waals surface area contributed by atoms with E-state index in [9.17, 15) is 9.18 Å². The van der Waals surface area contributed by atoms with Gasteiger partial charge < -0.3 is 5.32 Å². The van der Waals surface area contributed by atoms with Crippen molar-refractivity contribution in [3.63, 3.8) is 0 Å². The Hall–Kier alpha value is -1.65. The zero-order valence-corrected chi connectivity index (χ0v) is 12.8. The predicted molar refractivity (Wildman–Crippen MR) is 82.6 cm³/mol. The van der Waals surface area contributed by atoms with Gasteiger partial charge >= 0.3 is 0 Å². The number of benzene rings is 1. The number of carbonyl (C=O) groups is 1. The van der Waals surface area contributed by atoms with Gasteiger partial charge in [0, 0.05) is 11.3 Å². The number of halogens is 3. The maximum Gasteiger partial charge on any atom is 0.255 e. The average Bonchev–Trinajstić information content (AvgIpc) is 2.42. The third-order valence-corrected chi connectivity index (χ3v) is 3.32. The number of anilines is 1. The standard InChI is InChI=1S/C15H13Cl2FN2O/c1-2-3-11-6-9(7-14(17)19-11)15(21)20-13-8-10(18)4-5-12(13)16/h4-8H,2-3H2,1H3,(H,20,21). The molecule has 0 aliphatic rings. The van der Waals surface area contributed by atoms with Gasteiger partial charge in [-0.3, -0.25) is 4.79 Å². The molecule has 0 spiro atoms. The van der Waals surface area contributed by atoms with E-state index in [1.54, 1.807) is 6.07 Å². The highest BCUT2D eigenvalue weighted by Gasteiger charge is 2.12. The molecule has 110 valence electrons. The van der Waals surface area contributed by atoms with Gasteiger partial charge in [-0.15, -0.1) is 0 Å². The fraction of sp³-hybridized carbons (Fsp3) is 0.200. The lowest BCUT2D eigenvalue weighted by Gasteiger charge is -2.09. The summed E-state index contributed by atoms with van der Waals surface area (Å²) in [6.45, 7) is 2.01. The number of hydrogen-bond acceptors (Lipinski definition) is 2. The number of amides is 1. The van der Waals surface area contributed by atoms with Crippen LogP contribution in [0.3, 0.4) is 0 Å². The van der Waals surface area contributed by atoms with Gasteiger partial charge in [-0.25, -0.2) is 9.37 Å². The Morgan fingerprint density at radius 3 is 2.76 bits per heavy atom. The van der Waals surface area contributed by atoms with Gasteiger partial charge in [0.2, 0.25) is 0 Å². The molecule has 1 aromatic heterocycles. The van der Waals surface area contributed by atoms with E-state index in [1.807, 2.05) is 6.92 Å². The van der Waals surface area contributed by atoms with E-state index in [2.05, 4.69) is 10.3 Å². The van der Waals surface area contributed by atoms with E-state index in [0.717, 1.165) is 24.6 Å². The predicted octanol–water partition coefficient (Wildman–Crippen LogP) is 4.73. The molecule has 0 atom stereocenters. The van der Waals surface area contributed by atoms with Crippen molar-refractivity contribution in [2.24, 2.45) is 0 Å². The van der Waals surface area contributed by atoms with Crippen LogP contribution in [0.4, 0.5) is 10.1 Å². The second-order valence-electron chi connectivity index (χ2n) is 4.50. The van der Waals surface area contributed by atoms with Crippen LogP contribution >= 0.6 is 23.2 Å². The minimum Gasteiger partial charge on any atom is -0.321 e. The first-order valence-electron chi connectivity index (χ1n) is 6.42. The van der Waals surface area contributed by atoms with Gasteiger partial charge in [0.05, 0.1) is 10.7 Å². The first kappa shape index (κ1) is 15.7. The van der Waals surface area contributed by atoms with E-state index in [-0.39, 0.29) is 15.9 Å². The molecule has 0 aliphatic heterocycles. The molecule has 0 radical (unpaired) electrons. The molecule has 0 aliphatic carbocycles. The molecular formula is C15H13Cl2FN2O. The van der Waals surface area contributed by atoms with Crippen molar-refractivity contribution in [3.8, 4) is 0 Å². The van der Waals surface area contributed by atoms with Gasteiger partial charge in [0.15, 0.2) is 0 Å². The van der Waals surface area contributed by atoms with Crippen LogP contribution in [0.2, 0.25) is 10.2 Å². The molecule has 0 saturated carbocycles. The minimum absolute atomic E-state index is 0.214. The van der Waals surface area contributed by atoms with Crippen LogP contribution in [0.5, 0.6) is 0 Å². The Balaban J connectivity index is 2.25. The molecule has 1 amide bonds. The number of rotatable bonds is 4. The molecule has 1 heterocycles. The molecule has 0 saturated heterocycles. The van der Waals surface area contributed by atoms with E-state index < -0.39 is 11.7 Å². The van der Waals surface area contributed by atoms with Crippen molar-refractivity contribution in [1.82, 2.24) is 4.98 Å². The van der Waals surface area contributed by atoms with Crippen molar-refractivity contribution < 1.29 is 9.18 Å². The number of aromatic nitrogens is 1. The first-order valence-corrected chi connectivity index (χ1v) is 7.18. The molecule has 1 N–H and O–H groups in total. The molecule has 3 nitrogen and oxygen atoms in total. The van der Waals surface area contributed by atoms with Gasteiger partial charge in [-0.05, 0) is 36.8 Å². The second-order valence-corrected chi connectivity index (χ2v) is 5.29. The fourth-order valence-electron chi connectivity index (χ4n) is 1.85.